The van der Waals surface area contributed by atoms with Crippen LogP contribution in [0.25, 0.3) is 0 Å². The van der Waals surface area contributed by atoms with E-state index in [1.165, 1.54) is 7.11 Å². The first-order chi connectivity index (χ1) is 3.72. The molecule has 0 bridgehead atoms. The number of rotatable bonds is 2. The van der Waals surface area contributed by atoms with Crippen molar-refractivity contribution >= 4 is 5.97 Å². The summed E-state index contributed by atoms with van der Waals surface area (Å²) in [5.41, 5.74) is 0. The second kappa shape index (κ2) is 3.47. The van der Waals surface area contributed by atoms with Crippen LogP contribution in [0.4, 0.5) is 0 Å². The summed E-state index contributed by atoms with van der Waals surface area (Å²) in [4.78, 5) is 10.5. The fourth-order valence-electron chi connectivity index (χ4n) is 0.322. The Morgan fingerprint density at radius 2 is 2.25 bits per heavy atom. The standard InChI is InChI=1S/C6H11O2/c1-4-5(2)6(7)8-3/h4-5H,1-3H3. The molecule has 0 aliphatic carbocycles. The predicted octanol–water partition coefficient (Wildman–Crippen LogP) is 1.02. The van der Waals surface area contributed by atoms with Crippen molar-refractivity contribution in [1.29, 1.82) is 0 Å². The highest BCUT2D eigenvalue weighted by Crippen LogP contribution is 1.99. The molecule has 0 aromatic heterocycles. The van der Waals surface area contributed by atoms with Crippen LogP contribution in [0.3, 0.4) is 0 Å². The zero-order valence-corrected chi connectivity index (χ0v) is 5.47. The normalized spacial score (nSPS) is 12.9. The molecule has 0 aromatic rings. The molecule has 0 aromatic carbocycles. The molecule has 0 fully saturated rings. The lowest BCUT2D eigenvalue weighted by molar-refractivity contribution is -0.143. The van der Waals surface area contributed by atoms with E-state index in [1.54, 1.807) is 13.3 Å². The first kappa shape index (κ1) is 7.47. The summed E-state index contributed by atoms with van der Waals surface area (Å²) >= 11 is 0. The van der Waals surface area contributed by atoms with Crippen molar-refractivity contribution in [3.8, 4) is 0 Å². The number of ether oxygens (including phenoxy) is 1. The van der Waals surface area contributed by atoms with Gasteiger partial charge in [-0.25, -0.2) is 0 Å². The fourth-order valence-corrected chi connectivity index (χ4v) is 0.322. The molecule has 0 spiro atoms. The van der Waals surface area contributed by atoms with Gasteiger partial charge in [0.05, 0.1) is 13.0 Å². The summed E-state index contributed by atoms with van der Waals surface area (Å²) in [5, 5.41) is 0. The van der Waals surface area contributed by atoms with Crippen molar-refractivity contribution in [2.24, 2.45) is 5.92 Å². The van der Waals surface area contributed by atoms with Gasteiger partial charge in [-0.1, -0.05) is 13.8 Å². The highest BCUT2D eigenvalue weighted by atomic mass is 16.5. The van der Waals surface area contributed by atoms with Crippen molar-refractivity contribution in [1.82, 2.24) is 0 Å². The van der Waals surface area contributed by atoms with Crippen LogP contribution in [0.15, 0.2) is 0 Å². The van der Waals surface area contributed by atoms with E-state index < -0.39 is 0 Å². The van der Waals surface area contributed by atoms with Crippen LogP contribution in [0.5, 0.6) is 0 Å². The topological polar surface area (TPSA) is 26.3 Å². The van der Waals surface area contributed by atoms with Crippen molar-refractivity contribution in [2.75, 3.05) is 7.11 Å². The third-order valence-electron chi connectivity index (χ3n) is 1.07. The minimum absolute atomic E-state index is 0.0694. The van der Waals surface area contributed by atoms with E-state index in [4.69, 9.17) is 0 Å². The Morgan fingerprint density at radius 3 is 2.38 bits per heavy atom. The van der Waals surface area contributed by atoms with E-state index in [0.29, 0.717) is 0 Å². The Labute approximate surface area is 49.8 Å². The van der Waals surface area contributed by atoms with Gasteiger partial charge in [0.25, 0.3) is 0 Å². The van der Waals surface area contributed by atoms with E-state index in [1.807, 2.05) is 6.92 Å². The summed E-state index contributed by atoms with van der Waals surface area (Å²) in [6.45, 7) is 3.63. The molecule has 0 amide bonds. The lowest BCUT2D eigenvalue weighted by atomic mass is 10.1. The Morgan fingerprint density at radius 1 is 1.75 bits per heavy atom. The van der Waals surface area contributed by atoms with E-state index >= 15 is 0 Å². The van der Waals surface area contributed by atoms with E-state index in [0.717, 1.165) is 0 Å². The minimum Gasteiger partial charge on any atom is -0.469 e. The van der Waals surface area contributed by atoms with E-state index in [-0.39, 0.29) is 11.9 Å². The molecule has 1 atom stereocenters. The molecule has 1 unspecified atom stereocenters. The molecule has 2 nitrogen and oxygen atoms in total. The second-order valence-electron chi connectivity index (χ2n) is 1.65. The smallest absolute Gasteiger partial charge is 0.308 e. The summed E-state index contributed by atoms with van der Waals surface area (Å²) in [6, 6.07) is 0. The van der Waals surface area contributed by atoms with Crippen molar-refractivity contribution < 1.29 is 9.53 Å². The fraction of sp³-hybridized carbons (Fsp3) is 0.667. The highest BCUT2D eigenvalue weighted by molar-refractivity contribution is 5.73. The van der Waals surface area contributed by atoms with Crippen LogP contribution in [0.2, 0.25) is 0 Å². The van der Waals surface area contributed by atoms with E-state index in [2.05, 4.69) is 4.74 Å². The molecule has 0 saturated carbocycles. The molecule has 0 heterocycles. The Bertz CT molecular complexity index is 78.6. The van der Waals surface area contributed by atoms with Gasteiger partial charge in [0.1, 0.15) is 0 Å². The number of methoxy groups -OCH3 is 1. The largest absolute Gasteiger partial charge is 0.469 e. The van der Waals surface area contributed by atoms with Crippen molar-refractivity contribution in [2.45, 2.75) is 13.8 Å². The SMILES string of the molecule is C[CH]C(C)C(=O)OC. The molecule has 0 aliphatic heterocycles. The number of carbonyl (C=O) groups excluding carboxylic acids is 1. The number of hydrogen-bond donors (Lipinski definition) is 0. The summed E-state index contributed by atoms with van der Waals surface area (Å²) in [5.74, 6) is -0.243. The molecule has 0 saturated heterocycles. The summed E-state index contributed by atoms with van der Waals surface area (Å²) < 4.78 is 4.43. The lowest BCUT2D eigenvalue weighted by Gasteiger charge is -2.02. The maximum Gasteiger partial charge on any atom is 0.308 e. The maximum absolute atomic E-state index is 10.5. The van der Waals surface area contributed by atoms with Crippen LogP contribution in [0.1, 0.15) is 13.8 Å². The van der Waals surface area contributed by atoms with Crippen LogP contribution in [0, 0.1) is 12.3 Å². The van der Waals surface area contributed by atoms with Crippen molar-refractivity contribution in [3.63, 3.8) is 0 Å². The lowest BCUT2D eigenvalue weighted by Crippen LogP contribution is -2.11. The van der Waals surface area contributed by atoms with Crippen molar-refractivity contribution in [3.05, 3.63) is 6.42 Å². The number of esters is 1. The quantitative estimate of drug-likeness (QED) is 0.502. The average molecular weight is 115 g/mol. The third kappa shape index (κ3) is 1.96. The molecule has 47 valence electrons. The van der Waals surface area contributed by atoms with Gasteiger partial charge in [-0.2, -0.15) is 0 Å². The molecule has 2 heteroatoms. The summed E-state index contributed by atoms with van der Waals surface area (Å²) in [7, 11) is 1.39. The molecular weight excluding hydrogens is 104 g/mol. The molecule has 0 aliphatic rings. The number of carbonyl (C=O) groups is 1. The first-order valence-electron chi connectivity index (χ1n) is 2.59. The van der Waals surface area contributed by atoms with Gasteiger partial charge in [0, 0.05) is 0 Å². The Hall–Kier alpha value is -0.530. The van der Waals surface area contributed by atoms with Gasteiger partial charge in [0.15, 0.2) is 0 Å². The zero-order chi connectivity index (χ0) is 6.57. The van der Waals surface area contributed by atoms with Crippen LogP contribution < -0.4 is 0 Å². The van der Waals surface area contributed by atoms with Gasteiger partial charge in [-0.3, -0.25) is 4.79 Å². The third-order valence-corrected chi connectivity index (χ3v) is 1.07. The average Bonchev–Trinajstić information content (AvgIpc) is 1.84. The van der Waals surface area contributed by atoms with Crippen LogP contribution in [-0.4, -0.2) is 13.1 Å². The van der Waals surface area contributed by atoms with Gasteiger partial charge in [-0.05, 0) is 6.42 Å². The molecule has 8 heavy (non-hydrogen) atoms. The van der Waals surface area contributed by atoms with Gasteiger partial charge < -0.3 is 4.74 Å². The Kier molecular flexibility index (Phi) is 3.24. The molecule has 0 N–H and O–H groups in total. The molecular formula is C6H11O2. The maximum atomic E-state index is 10.5. The number of hydrogen-bond acceptors (Lipinski definition) is 2. The highest BCUT2D eigenvalue weighted by Gasteiger charge is 2.08. The Balaban J connectivity index is 3.46. The first-order valence-corrected chi connectivity index (χ1v) is 2.59. The van der Waals surface area contributed by atoms with Gasteiger partial charge >= 0.3 is 5.97 Å². The van der Waals surface area contributed by atoms with E-state index in [9.17, 15) is 4.79 Å². The van der Waals surface area contributed by atoms with Crippen LogP contribution in [-0.2, 0) is 9.53 Å². The van der Waals surface area contributed by atoms with Crippen LogP contribution >= 0.6 is 0 Å². The van der Waals surface area contributed by atoms with Gasteiger partial charge in [-0.15, -0.1) is 0 Å². The monoisotopic (exact) mass is 115 g/mol. The molecule has 0 rings (SSSR count). The zero-order valence-electron chi connectivity index (χ0n) is 5.47. The van der Waals surface area contributed by atoms with Gasteiger partial charge in [0.2, 0.25) is 0 Å². The molecule has 1 radical (unpaired) electrons. The minimum atomic E-state index is -0.174. The second-order valence-corrected chi connectivity index (χ2v) is 1.65. The summed E-state index contributed by atoms with van der Waals surface area (Å²) in [6.07, 6.45) is 1.80. The predicted molar refractivity (Wildman–Crippen MR) is 31.2 cm³/mol.